The second kappa shape index (κ2) is 8.33. The molecule has 1 aliphatic rings. The van der Waals surface area contributed by atoms with Crippen molar-refractivity contribution in [3.05, 3.63) is 47.7 Å². The first-order valence-corrected chi connectivity index (χ1v) is 8.93. The lowest BCUT2D eigenvalue weighted by molar-refractivity contribution is 0.0717. The van der Waals surface area contributed by atoms with Crippen molar-refractivity contribution in [3.8, 4) is 0 Å². The normalized spacial score (nSPS) is 18.1. The highest BCUT2D eigenvalue weighted by atomic mass is 16.3. The summed E-state index contributed by atoms with van der Waals surface area (Å²) in [6, 6.07) is 5.72. The van der Waals surface area contributed by atoms with E-state index in [-0.39, 0.29) is 18.7 Å². The highest BCUT2D eigenvalue weighted by Crippen LogP contribution is 2.19. The fourth-order valence-electron chi connectivity index (χ4n) is 3.34. The molecule has 0 bridgehead atoms. The minimum atomic E-state index is -0.121. The minimum absolute atomic E-state index is 0.100. The van der Waals surface area contributed by atoms with E-state index in [0.29, 0.717) is 19.5 Å². The zero-order chi connectivity index (χ0) is 18.5. The van der Waals surface area contributed by atoms with E-state index < -0.39 is 0 Å². The van der Waals surface area contributed by atoms with Crippen LogP contribution in [0.3, 0.4) is 0 Å². The van der Waals surface area contributed by atoms with Gasteiger partial charge in [-0.2, -0.15) is 0 Å². The fraction of sp³-hybridized carbons (Fsp3) is 0.474. The number of carbonyl (C=O) groups is 1. The maximum Gasteiger partial charge on any atom is 0.321 e. The van der Waals surface area contributed by atoms with Crippen LogP contribution in [0.2, 0.25) is 0 Å². The number of rotatable bonds is 5. The van der Waals surface area contributed by atoms with E-state index in [2.05, 4.69) is 15.2 Å². The molecule has 0 aliphatic carbocycles. The first-order chi connectivity index (χ1) is 12.6. The quantitative estimate of drug-likeness (QED) is 0.858. The number of aliphatic hydroxyl groups excluding tert-OH is 1. The number of urea groups is 1. The largest absolute Gasteiger partial charge is 0.472 e. The van der Waals surface area contributed by atoms with Crippen molar-refractivity contribution in [2.45, 2.75) is 32.9 Å². The van der Waals surface area contributed by atoms with Crippen LogP contribution in [0.4, 0.5) is 10.5 Å². The van der Waals surface area contributed by atoms with E-state index in [1.807, 2.05) is 36.9 Å². The average molecular weight is 358 g/mol. The monoisotopic (exact) mass is 358 g/mol. The lowest BCUT2D eigenvalue weighted by Gasteiger charge is -2.41. The van der Waals surface area contributed by atoms with Crippen LogP contribution in [-0.2, 0) is 6.54 Å². The van der Waals surface area contributed by atoms with Crippen molar-refractivity contribution >= 4 is 11.7 Å². The van der Waals surface area contributed by atoms with Gasteiger partial charge in [0.05, 0.1) is 23.9 Å². The van der Waals surface area contributed by atoms with Gasteiger partial charge in [-0.25, -0.2) is 4.79 Å². The van der Waals surface area contributed by atoms with Crippen LogP contribution < -0.4 is 5.32 Å². The molecular weight excluding hydrogens is 332 g/mol. The van der Waals surface area contributed by atoms with E-state index in [4.69, 9.17) is 4.42 Å². The molecule has 1 atom stereocenters. The first-order valence-electron chi connectivity index (χ1n) is 8.93. The second-order valence-electron chi connectivity index (χ2n) is 6.73. The van der Waals surface area contributed by atoms with Crippen molar-refractivity contribution < 1.29 is 14.3 Å². The van der Waals surface area contributed by atoms with Crippen molar-refractivity contribution in [2.24, 2.45) is 0 Å². The summed E-state index contributed by atoms with van der Waals surface area (Å²) in [4.78, 5) is 21.2. The van der Waals surface area contributed by atoms with Gasteiger partial charge in [0.1, 0.15) is 0 Å². The molecule has 1 fully saturated rings. The Balaban J connectivity index is 1.63. The Bertz CT molecular complexity index is 732. The predicted octanol–water partition coefficient (Wildman–Crippen LogP) is 2.39. The molecule has 7 heteroatoms. The summed E-state index contributed by atoms with van der Waals surface area (Å²) in [6.45, 7) is 6.67. The molecule has 0 unspecified atom stereocenters. The van der Waals surface area contributed by atoms with Gasteiger partial charge in [-0.1, -0.05) is 0 Å². The summed E-state index contributed by atoms with van der Waals surface area (Å²) in [6.07, 6.45) is 4.03. The number of aromatic nitrogens is 1. The fourth-order valence-corrected chi connectivity index (χ4v) is 3.34. The Hall–Kier alpha value is -2.38. The van der Waals surface area contributed by atoms with Gasteiger partial charge < -0.3 is 19.7 Å². The van der Waals surface area contributed by atoms with Gasteiger partial charge in [0.2, 0.25) is 0 Å². The van der Waals surface area contributed by atoms with E-state index in [0.717, 1.165) is 35.7 Å². The van der Waals surface area contributed by atoms with Crippen LogP contribution in [0.15, 0.2) is 35.1 Å². The number of nitrogens with one attached hydrogen (secondary N) is 1. The Morgan fingerprint density at radius 3 is 2.88 bits per heavy atom. The molecule has 0 aromatic carbocycles. The number of aryl methyl sites for hydroxylation is 2. The Morgan fingerprint density at radius 1 is 1.35 bits per heavy atom. The summed E-state index contributed by atoms with van der Waals surface area (Å²) < 4.78 is 5.14. The van der Waals surface area contributed by atoms with E-state index in [1.54, 1.807) is 12.5 Å². The third kappa shape index (κ3) is 4.42. The number of carbonyl (C=O) groups excluding carboxylic acids is 1. The highest BCUT2D eigenvalue weighted by Gasteiger charge is 2.29. The minimum Gasteiger partial charge on any atom is -0.472 e. The van der Waals surface area contributed by atoms with Gasteiger partial charge in [0.15, 0.2) is 0 Å². The number of furan rings is 1. The van der Waals surface area contributed by atoms with Gasteiger partial charge in [-0.3, -0.25) is 9.88 Å². The predicted molar refractivity (Wildman–Crippen MR) is 98.9 cm³/mol. The van der Waals surface area contributed by atoms with Gasteiger partial charge in [0.25, 0.3) is 0 Å². The van der Waals surface area contributed by atoms with Crippen molar-refractivity contribution in [2.75, 3.05) is 31.6 Å². The molecule has 0 spiro atoms. The molecule has 3 rings (SSSR count). The summed E-state index contributed by atoms with van der Waals surface area (Å²) in [5, 5.41) is 12.4. The smallest absolute Gasteiger partial charge is 0.321 e. The lowest BCUT2D eigenvalue weighted by Crippen LogP contribution is -2.55. The zero-order valence-electron chi connectivity index (χ0n) is 15.3. The topological polar surface area (TPSA) is 81.8 Å². The molecule has 3 heterocycles. The number of aliphatic hydroxyl groups is 1. The van der Waals surface area contributed by atoms with Gasteiger partial charge >= 0.3 is 6.03 Å². The molecular formula is C19H26N4O3. The first kappa shape index (κ1) is 18.4. The molecule has 2 N–H and O–H groups in total. The second-order valence-corrected chi connectivity index (χ2v) is 6.73. The maximum absolute atomic E-state index is 12.7. The molecule has 2 aromatic rings. The number of anilines is 1. The summed E-state index contributed by atoms with van der Waals surface area (Å²) in [7, 11) is 0. The van der Waals surface area contributed by atoms with Crippen LogP contribution in [0, 0.1) is 13.8 Å². The summed E-state index contributed by atoms with van der Waals surface area (Å²) in [5.74, 6) is 0. The SMILES string of the molecule is Cc1ccc(NC(=O)N2CCN(Cc3ccoc3)[C@@H](CCO)C2)c(C)n1. The van der Waals surface area contributed by atoms with Crippen LogP contribution in [0.25, 0.3) is 0 Å². The third-order valence-corrected chi connectivity index (χ3v) is 4.79. The number of piperazine rings is 1. The van der Waals surface area contributed by atoms with Gasteiger partial charge in [0, 0.05) is 50.1 Å². The molecule has 2 aromatic heterocycles. The average Bonchev–Trinajstić information content (AvgIpc) is 3.12. The molecule has 140 valence electrons. The number of nitrogens with zero attached hydrogens (tertiary/aromatic N) is 3. The van der Waals surface area contributed by atoms with Crippen LogP contribution in [0.1, 0.15) is 23.4 Å². The summed E-state index contributed by atoms with van der Waals surface area (Å²) >= 11 is 0. The Kier molecular flexibility index (Phi) is 5.90. The van der Waals surface area contributed by atoms with E-state index in [1.165, 1.54) is 0 Å². The van der Waals surface area contributed by atoms with Crippen molar-refractivity contribution in [3.63, 3.8) is 0 Å². The van der Waals surface area contributed by atoms with Crippen LogP contribution in [-0.4, -0.2) is 58.2 Å². The molecule has 7 nitrogen and oxygen atoms in total. The van der Waals surface area contributed by atoms with E-state index in [9.17, 15) is 9.90 Å². The Morgan fingerprint density at radius 2 is 2.19 bits per heavy atom. The van der Waals surface area contributed by atoms with Crippen LogP contribution >= 0.6 is 0 Å². The standard InChI is InChI=1S/C19H26N4O3/c1-14-3-4-18(15(2)20-14)21-19(25)23-8-7-22(17(12-23)5-9-24)11-16-6-10-26-13-16/h3-4,6,10,13,17,24H,5,7-9,11-12H2,1-2H3,(H,21,25)/t17-/m0/s1. The third-order valence-electron chi connectivity index (χ3n) is 4.79. The van der Waals surface area contributed by atoms with Crippen LogP contribution in [0.5, 0.6) is 0 Å². The molecule has 26 heavy (non-hydrogen) atoms. The number of amides is 2. The van der Waals surface area contributed by atoms with Gasteiger partial charge in [-0.05, 0) is 38.5 Å². The molecule has 0 radical (unpaired) electrons. The molecule has 0 saturated carbocycles. The van der Waals surface area contributed by atoms with E-state index >= 15 is 0 Å². The maximum atomic E-state index is 12.7. The zero-order valence-corrected chi connectivity index (χ0v) is 15.3. The van der Waals surface area contributed by atoms with Crippen molar-refractivity contribution in [1.82, 2.24) is 14.8 Å². The number of pyridine rings is 1. The molecule has 1 saturated heterocycles. The summed E-state index contributed by atoms with van der Waals surface area (Å²) in [5.41, 5.74) is 3.58. The number of hydrogen-bond donors (Lipinski definition) is 2. The Labute approximate surface area is 153 Å². The van der Waals surface area contributed by atoms with Gasteiger partial charge in [-0.15, -0.1) is 0 Å². The molecule has 2 amide bonds. The van der Waals surface area contributed by atoms with Crippen molar-refractivity contribution in [1.29, 1.82) is 0 Å². The number of hydrogen-bond acceptors (Lipinski definition) is 5. The highest BCUT2D eigenvalue weighted by molar-refractivity contribution is 5.90. The molecule has 1 aliphatic heterocycles. The lowest BCUT2D eigenvalue weighted by atomic mass is 10.1.